The number of carbonyl (C=O) groups is 2. The Morgan fingerprint density at radius 1 is 1.06 bits per heavy atom. The first-order valence-electron chi connectivity index (χ1n) is 10.6. The van der Waals surface area contributed by atoms with Crippen LogP contribution >= 0.6 is 23.2 Å². The van der Waals surface area contributed by atoms with E-state index in [9.17, 15) is 9.59 Å². The monoisotopic (exact) mass is 481 g/mol. The molecule has 32 heavy (non-hydrogen) atoms. The summed E-state index contributed by atoms with van der Waals surface area (Å²) in [6.07, 6.45) is 0.686. The van der Waals surface area contributed by atoms with E-state index in [0.29, 0.717) is 34.5 Å². The second kappa shape index (κ2) is 10.1. The van der Waals surface area contributed by atoms with Gasteiger partial charge in [-0.1, -0.05) is 57.0 Å². The first-order chi connectivity index (χ1) is 14.7. The van der Waals surface area contributed by atoms with Gasteiger partial charge < -0.3 is 15.5 Å². The van der Waals surface area contributed by atoms with Crippen LogP contribution in [0, 0.1) is 0 Å². The lowest BCUT2D eigenvalue weighted by Gasteiger charge is -2.25. The fourth-order valence-corrected chi connectivity index (χ4v) is 3.52. The van der Waals surface area contributed by atoms with Crippen molar-refractivity contribution in [2.75, 3.05) is 23.7 Å². The van der Waals surface area contributed by atoms with Crippen molar-refractivity contribution < 1.29 is 9.59 Å². The molecule has 9 heteroatoms. The van der Waals surface area contributed by atoms with Gasteiger partial charge in [-0.2, -0.15) is 5.10 Å². The van der Waals surface area contributed by atoms with Gasteiger partial charge in [0.05, 0.1) is 27.0 Å². The Morgan fingerprint density at radius 3 is 2.16 bits per heavy atom. The fourth-order valence-electron chi connectivity index (χ4n) is 3.03. The van der Waals surface area contributed by atoms with Crippen molar-refractivity contribution in [2.45, 2.75) is 65.8 Å². The highest BCUT2D eigenvalue weighted by Gasteiger charge is 2.26. The maximum atomic E-state index is 12.9. The molecule has 2 aromatic rings. The number of nitrogens with zero attached hydrogens (tertiary/aromatic N) is 3. The highest BCUT2D eigenvalue weighted by molar-refractivity contribution is 6.39. The molecule has 0 atom stereocenters. The van der Waals surface area contributed by atoms with Crippen molar-refractivity contribution in [3.63, 3.8) is 0 Å². The lowest BCUT2D eigenvalue weighted by molar-refractivity contribution is -0.116. The molecular formula is C23H33Cl2N5O2. The lowest BCUT2D eigenvalue weighted by atomic mass is 9.92. The molecule has 0 aliphatic rings. The Bertz CT molecular complexity index is 953. The topological polar surface area (TPSA) is 79.3 Å². The summed E-state index contributed by atoms with van der Waals surface area (Å²) in [5, 5.41) is 11.0. The Kier molecular flexibility index (Phi) is 8.23. The summed E-state index contributed by atoms with van der Waals surface area (Å²) < 4.78 is 1.80. The summed E-state index contributed by atoms with van der Waals surface area (Å²) in [7, 11) is 0. The minimum absolute atomic E-state index is 0.123. The van der Waals surface area contributed by atoms with Crippen LogP contribution in [0.2, 0.25) is 10.0 Å². The van der Waals surface area contributed by atoms with E-state index in [1.54, 1.807) is 22.9 Å². The molecule has 1 heterocycles. The molecular weight excluding hydrogens is 449 g/mol. The first-order valence-corrected chi connectivity index (χ1v) is 11.4. The lowest BCUT2D eigenvalue weighted by Crippen LogP contribution is -2.41. The molecule has 0 aliphatic carbocycles. The van der Waals surface area contributed by atoms with Crippen LogP contribution < -0.4 is 10.6 Å². The summed E-state index contributed by atoms with van der Waals surface area (Å²) in [6, 6.07) is 6.41. The molecule has 176 valence electrons. The van der Waals surface area contributed by atoms with Gasteiger partial charge in [0.1, 0.15) is 12.4 Å². The number of para-hydroxylation sites is 1. The number of halogens is 2. The number of rotatable bonds is 6. The quantitative estimate of drug-likeness (QED) is 0.520. The van der Waals surface area contributed by atoms with Crippen molar-refractivity contribution >= 4 is 46.6 Å². The van der Waals surface area contributed by atoms with E-state index < -0.39 is 6.03 Å². The molecule has 0 radical (unpaired) electrons. The Morgan fingerprint density at radius 2 is 1.66 bits per heavy atom. The van der Waals surface area contributed by atoms with Crippen molar-refractivity contribution in [2.24, 2.45) is 0 Å². The molecule has 0 unspecified atom stereocenters. The number of hydrogen-bond acceptors (Lipinski definition) is 3. The van der Waals surface area contributed by atoms with E-state index >= 15 is 0 Å². The van der Waals surface area contributed by atoms with Gasteiger partial charge in [0.15, 0.2) is 0 Å². The minimum atomic E-state index is -0.447. The zero-order valence-electron chi connectivity index (χ0n) is 19.8. The number of anilines is 2. The van der Waals surface area contributed by atoms with E-state index in [0.717, 1.165) is 5.69 Å². The Labute approximate surface area is 200 Å². The number of hydrogen-bond donors (Lipinski definition) is 2. The fraction of sp³-hybridized carbons (Fsp3) is 0.522. The van der Waals surface area contributed by atoms with Gasteiger partial charge in [-0.3, -0.25) is 4.79 Å². The van der Waals surface area contributed by atoms with E-state index in [1.807, 2.05) is 33.8 Å². The standard InChI is InChI=1S/C23H33Cl2N5O2/c1-8-12-29(21(32)27-20-15(24)10-9-11-16(20)25)14-19(31)26-18-13-17(22(2,3)4)28-30(18)23(5,6)7/h9-11,13H,8,12,14H2,1-7H3,(H,26,31)(H,27,32). The van der Waals surface area contributed by atoms with Gasteiger partial charge in [-0.15, -0.1) is 0 Å². The first kappa shape index (κ1) is 26.0. The van der Waals surface area contributed by atoms with Crippen molar-refractivity contribution in [1.29, 1.82) is 0 Å². The molecule has 3 amide bonds. The second-order valence-electron chi connectivity index (χ2n) is 9.74. The zero-order chi connectivity index (χ0) is 24.3. The van der Waals surface area contributed by atoms with Gasteiger partial charge in [-0.25, -0.2) is 9.48 Å². The molecule has 0 saturated carbocycles. The Hall–Kier alpha value is -2.25. The molecule has 0 spiro atoms. The largest absolute Gasteiger partial charge is 0.322 e. The van der Waals surface area contributed by atoms with E-state index in [1.165, 1.54) is 4.90 Å². The van der Waals surface area contributed by atoms with Crippen LogP contribution in [0.15, 0.2) is 24.3 Å². The average molecular weight is 482 g/mol. The third-order valence-electron chi connectivity index (χ3n) is 4.69. The Balaban J connectivity index is 2.20. The maximum Gasteiger partial charge on any atom is 0.322 e. The van der Waals surface area contributed by atoms with Crippen LogP contribution in [0.1, 0.15) is 60.6 Å². The maximum absolute atomic E-state index is 12.9. The summed E-state index contributed by atoms with van der Waals surface area (Å²) in [5.41, 5.74) is 0.702. The summed E-state index contributed by atoms with van der Waals surface area (Å²) in [5.74, 6) is 0.281. The normalized spacial score (nSPS) is 11.9. The van der Waals surface area contributed by atoms with Gasteiger partial charge >= 0.3 is 6.03 Å². The van der Waals surface area contributed by atoms with Crippen molar-refractivity contribution in [3.8, 4) is 0 Å². The molecule has 0 fully saturated rings. The van der Waals surface area contributed by atoms with E-state index in [2.05, 4.69) is 31.4 Å². The number of nitrogens with one attached hydrogen (secondary N) is 2. The zero-order valence-corrected chi connectivity index (χ0v) is 21.4. The van der Waals surface area contributed by atoms with Crippen LogP contribution in [0.5, 0.6) is 0 Å². The molecule has 1 aromatic carbocycles. The summed E-state index contributed by atoms with van der Waals surface area (Å²) >= 11 is 12.3. The SMILES string of the molecule is CCCN(CC(=O)Nc1cc(C(C)(C)C)nn1C(C)(C)C)C(=O)Nc1c(Cl)cccc1Cl. The molecule has 2 rings (SSSR count). The number of carbonyl (C=O) groups excluding carboxylic acids is 2. The average Bonchev–Trinajstić information content (AvgIpc) is 3.09. The van der Waals surface area contributed by atoms with Crippen LogP contribution in [-0.4, -0.2) is 39.7 Å². The highest BCUT2D eigenvalue weighted by atomic mass is 35.5. The summed E-state index contributed by atoms with van der Waals surface area (Å²) in [4.78, 5) is 27.2. The molecule has 0 bridgehead atoms. The molecule has 0 aliphatic heterocycles. The van der Waals surface area contributed by atoms with Crippen molar-refractivity contribution in [3.05, 3.63) is 40.0 Å². The number of aromatic nitrogens is 2. The second-order valence-corrected chi connectivity index (χ2v) is 10.6. The predicted molar refractivity (Wildman–Crippen MR) is 132 cm³/mol. The molecule has 0 saturated heterocycles. The smallest absolute Gasteiger partial charge is 0.315 e. The van der Waals surface area contributed by atoms with Gasteiger partial charge in [-0.05, 0) is 39.3 Å². The minimum Gasteiger partial charge on any atom is -0.315 e. The number of amides is 3. The van der Waals surface area contributed by atoms with Crippen LogP contribution in [-0.2, 0) is 15.7 Å². The third kappa shape index (κ3) is 6.62. The molecule has 7 nitrogen and oxygen atoms in total. The number of urea groups is 1. The van der Waals surface area contributed by atoms with Crippen LogP contribution in [0.3, 0.4) is 0 Å². The van der Waals surface area contributed by atoms with Crippen LogP contribution in [0.25, 0.3) is 0 Å². The van der Waals surface area contributed by atoms with E-state index in [4.69, 9.17) is 28.3 Å². The van der Waals surface area contributed by atoms with Gasteiger partial charge in [0.25, 0.3) is 0 Å². The van der Waals surface area contributed by atoms with Gasteiger partial charge in [0.2, 0.25) is 5.91 Å². The number of benzene rings is 1. The van der Waals surface area contributed by atoms with Gasteiger partial charge in [0, 0.05) is 18.0 Å². The molecule has 1 aromatic heterocycles. The third-order valence-corrected chi connectivity index (χ3v) is 5.32. The summed E-state index contributed by atoms with van der Waals surface area (Å²) in [6.45, 7) is 14.5. The molecule has 2 N–H and O–H groups in total. The highest BCUT2D eigenvalue weighted by Crippen LogP contribution is 2.30. The van der Waals surface area contributed by atoms with Crippen molar-refractivity contribution in [1.82, 2.24) is 14.7 Å². The van der Waals surface area contributed by atoms with Crippen LogP contribution in [0.4, 0.5) is 16.3 Å². The van der Waals surface area contributed by atoms with E-state index in [-0.39, 0.29) is 23.4 Å². The predicted octanol–water partition coefficient (Wildman–Crippen LogP) is 6.13.